The molecule has 0 bridgehead atoms. The Kier molecular flexibility index (Phi) is 8.58. The van der Waals surface area contributed by atoms with E-state index in [0.717, 1.165) is 60.3 Å². The van der Waals surface area contributed by atoms with Gasteiger partial charge in [0.25, 0.3) is 0 Å². The number of nitrogens with one attached hydrogen (secondary N) is 2. The number of hydrogen-bond donors (Lipinski definition) is 2. The zero-order valence-electron chi connectivity index (χ0n) is 19.9. The van der Waals surface area contributed by atoms with Gasteiger partial charge in [0.2, 0.25) is 0 Å². The summed E-state index contributed by atoms with van der Waals surface area (Å²) in [5.74, 6) is 1.54. The van der Waals surface area contributed by atoms with Gasteiger partial charge in [-0.15, -0.1) is 11.8 Å². The van der Waals surface area contributed by atoms with Crippen LogP contribution in [0.4, 0.5) is 5.69 Å². The van der Waals surface area contributed by atoms with Crippen molar-refractivity contribution in [3.05, 3.63) is 29.5 Å². The third kappa shape index (κ3) is 6.43. The third-order valence-corrected chi connectivity index (χ3v) is 9.38. The first-order valence-electron chi connectivity index (χ1n) is 12.0. The van der Waals surface area contributed by atoms with Crippen molar-refractivity contribution in [3.63, 3.8) is 0 Å². The first-order valence-corrected chi connectivity index (χ1v) is 14.7. The number of benzene rings is 1. The van der Waals surface area contributed by atoms with Crippen LogP contribution in [0.3, 0.4) is 0 Å². The molecule has 33 heavy (non-hydrogen) atoms. The van der Waals surface area contributed by atoms with Gasteiger partial charge in [0.05, 0.1) is 42.3 Å². The van der Waals surface area contributed by atoms with Gasteiger partial charge in [0.15, 0.2) is 0 Å². The average Bonchev–Trinajstić information content (AvgIpc) is 3.44. The second kappa shape index (κ2) is 11.4. The summed E-state index contributed by atoms with van der Waals surface area (Å²) in [6.45, 7) is 9.31. The van der Waals surface area contributed by atoms with Gasteiger partial charge in [-0.1, -0.05) is 0 Å². The van der Waals surface area contributed by atoms with Crippen LogP contribution < -0.4 is 5.32 Å². The highest BCUT2D eigenvalue weighted by atomic mass is 32.2. The van der Waals surface area contributed by atoms with Crippen molar-refractivity contribution in [2.75, 3.05) is 50.2 Å². The Morgan fingerprint density at radius 3 is 2.70 bits per heavy atom. The van der Waals surface area contributed by atoms with E-state index in [1.54, 1.807) is 11.8 Å². The second-order valence-electron chi connectivity index (χ2n) is 8.75. The quantitative estimate of drug-likeness (QED) is 0.383. The fourth-order valence-corrected chi connectivity index (χ4v) is 7.25. The molecule has 1 atom stereocenters. The van der Waals surface area contributed by atoms with Crippen LogP contribution in [0.1, 0.15) is 44.4 Å². The molecule has 9 heteroatoms. The summed E-state index contributed by atoms with van der Waals surface area (Å²) >= 11 is 1.76. The molecule has 0 saturated carbocycles. The molecule has 0 spiro atoms. The molecule has 1 unspecified atom stereocenters. The third-order valence-electron chi connectivity index (χ3n) is 6.13. The molecule has 4 rings (SSSR count). The van der Waals surface area contributed by atoms with Crippen LogP contribution in [0.25, 0.3) is 10.9 Å². The molecule has 3 heterocycles. The van der Waals surface area contributed by atoms with Gasteiger partial charge < -0.3 is 24.1 Å². The summed E-state index contributed by atoms with van der Waals surface area (Å²) in [7, 11) is -3.02. The standard InChI is InChI=1S/C24H36N3O4PS/c1-4-30-32(28,31-5-2)11-8-20-16-33-24(26-20)22-14-19-12-17(3)13-21(23(19)27-22)25-15-18-6-9-29-10-7-18/h12-14,18,20,25,27H,4-11,15-16H2,1-3H3. The Hall–Kier alpha value is -1.31. The first kappa shape index (κ1) is 24.8. The number of rotatable bonds is 11. The van der Waals surface area contributed by atoms with Crippen molar-refractivity contribution in [1.29, 1.82) is 0 Å². The summed E-state index contributed by atoms with van der Waals surface area (Å²) in [6.07, 6.45) is 3.34. The summed E-state index contributed by atoms with van der Waals surface area (Å²) in [5.41, 5.74) is 4.57. The van der Waals surface area contributed by atoms with Gasteiger partial charge in [0, 0.05) is 30.9 Å². The van der Waals surface area contributed by atoms with Crippen molar-refractivity contribution in [2.45, 2.75) is 46.1 Å². The monoisotopic (exact) mass is 493 g/mol. The summed E-state index contributed by atoms with van der Waals surface area (Å²) in [5, 5.41) is 5.90. The van der Waals surface area contributed by atoms with Crippen LogP contribution in [0, 0.1) is 12.8 Å². The number of thioether (sulfide) groups is 1. The molecule has 2 aliphatic rings. The molecule has 2 aromatic rings. The lowest BCUT2D eigenvalue weighted by atomic mass is 10.0. The van der Waals surface area contributed by atoms with Gasteiger partial charge in [-0.05, 0) is 69.7 Å². The molecule has 1 aromatic carbocycles. The highest BCUT2D eigenvalue weighted by Gasteiger charge is 2.28. The minimum absolute atomic E-state index is 0.124. The van der Waals surface area contributed by atoms with Gasteiger partial charge in [-0.2, -0.15) is 0 Å². The molecule has 1 saturated heterocycles. The second-order valence-corrected chi connectivity index (χ2v) is 11.9. The molecule has 2 N–H and O–H groups in total. The predicted molar refractivity (Wildman–Crippen MR) is 138 cm³/mol. The van der Waals surface area contributed by atoms with E-state index in [1.807, 2.05) is 13.8 Å². The number of aryl methyl sites for hydroxylation is 1. The summed E-state index contributed by atoms with van der Waals surface area (Å²) < 4.78 is 29.1. The van der Waals surface area contributed by atoms with Crippen LogP contribution in [0.15, 0.2) is 23.2 Å². The normalized spacial score (nSPS) is 19.8. The lowest BCUT2D eigenvalue weighted by molar-refractivity contribution is 0.0699. The molecule has 1 fully saturated rings. The number of hydrogen-bond acceptors (Lipinski definition) is 7. The molecule has 0 radical (unpaired) electrons. The number of anilines is 1. The fraction of sp³-hybridized carbons (Fsp3) is 0.625. The van der Waals surface area contributed by atoms with E-state index in [4.69, 9.17) is 18.8 Å². The van der Waals surface area contributed by atoms with Gasteiger partial charge in [-0.25, -0.2) is 0 Å². The van der Waals surface area contributed by atoms with Crippen LogP contribution in [-0.2, 0) is 18.3 Å². The smallest absolute Gasteiger partial charge is 0.330 e. The number of aromatic amines is 1. The van der Waals surface area contributed by atoms with E-state index < -0.39 is 7.60 Å². The summed E-state index contributed by atoms with van der Waals surface area (Å²) in [6, 6.07) is 6.75. The predicted octanol–water partition coefficient (Wildman–Crippen LogP) is 5.83. The van der Waals surface area contributed by atoms with E-state index in [2.05, 4.69) is 35.4 Å². The van der Waals surface area contributed by atoms with Crippen LogP contribution in [0.2, 0.25) is 0 Å². The largest absolute Gasteiger partial charge is 0.383 e. The average molecular weight is 494 g/mol. The SMILES string of the molecule is CCOP(=O)(CCC1CSC(c2cc3cc(C)cc(NCC4CCOCC4)c3[nH]2)=N1)OCC. The van der Waals surface area contributed by atoms with Crippen molar-refractivity contribution in [2.24, 2.45) is 10.9 Å². The summed E-state index contributed by atoms with van der Waals surface area (Å²) in [4.78, 5) is 8.54. The van der Waals surface area contributed by atoms with Gasteiger partial charge >= 0.3 is 7.60 Å². The van der Waals surface area contributed by atoms with E-state index in [1.165, 1.54) is 10.9 Å². The zero-order valence-corrected chi connectivity index (χ0v) is 21.6. The lowest BCUT2D eigenvalue weighted by Crippen LogP contribution is -2.22. The highest BCUT2D eigenvalue weighted by Crippen LogP contribution is 2.49. The van der Waals surface area contributed by atoms with Crippen LogP contribution in [0.5, 0.6) is 0 Å². The molecular formula is C24H36N3O4PS. The van der Waals surface area contributed by atoms with Crippen molar-refractivity contribution >= 4 is 41.0 Å². The highest BCUT2D eigenvalue weighted by molar-refractivity contribution is 8.14. The van der Waals surface area contributed by atoms with E-state index in [-0.39, 0.29) is 6.04 Å². The van der Waals surface area contributed by atoms with Gasteiger partial charge in [-0.3, -0.25) is 9.56 Å². The number of H-pyrrole nitrogens is 1. The zero-order chi connectivity index (χ0) is 23.3. The molecule has 0 amide bonds. The van der Waals surface area contributed by atoms with E-state index in [9.17, 15) is 4.57 Å². The van der Waals surface area contributed by atoms with Crippen molar-refractivity contribution < 1.29 is 18.3 Å². The number of aliphatic imine (C=N–C) groups is 1. The minimum Gasteiger partial charge on any atom is -0.383 e. The number of ether oxygens (including phenoxy) is 1. The van der Waals surface area contributed by atoms with Crippen molar-refractivity contribution in [1.82, 2.24) is 4.98 Å². The molecular weight excluding hydrogens is 457 g/mol. The first-order chi connectivity index (χ1) is 16.0. The topological polar surface area (TPSA) is 84.9 Å². The molecule has 2 aliphatic heterocycles. The Morgan fingerprint density at radius 2 is 1.97 bits per heavy atom. The Bertz CT molecular complexity index is 1010. The molecule has 182 valence electrons. The number of fused-ring (bicyclic) bond motifs is 1. The molecule has 1 aromatic heterocycles. The minimum atomic E-state index is -3.02. The fourth-order valence-electron chi connectivity index (χ4n) is 4.43. The maximum absolute atomic E-state index is 12.8. The van der Waals surface area contributed by atoms with E-state index >= 15 is 0 Å². The van der Waals surface area contributed by atoms with Crippen LogP contribution in [-0.4, -0.2) is 61.0 Å². The maximum Gasteiger partial charge on any atom is 0.330 e. The number of nitrogens with zero attached hydrogens (tertiary/aromatic N) is 1. The van der Waals surface area contributed by atoms with Gasteiger partial charge in [0.1, 0.15) is 5.04 Å². The van der Waals surface area contributed by atoms with Crippen molar-refractivity contribution in [3.8, 4) is 0 Å². The Morgan fingerprint density at radius 1 is 1.21 bits per heavy atom. The Labute approximate surface area is 201 Å². The Balaban J connectivity index is 1.45. The number of aromatic nitrogens is 1. The van der Waals surface area contributed by atoms with Crippen LogP contribution >= 0.6 is 19.4 Å². The maximum atomic E-state index is 12.8. The molecule has 7 nitrogen and oxygen atoms in total. The lowest BCUT2D eigenvalue weighted by Gasteiger charge is -2.23. The van der Waals surface area contributed by atoms with E-state index in [0.29, 0.717) is 31.7 Å². The molecule has 0 aliphatic carbocycles.